The van der Waals surface area contributed by atoms with Gasteiger partial charge in [-0.3, -0.25) is 4.79 Å². The van der Waals surface area contributed by atoms with Gasteiger partial charge in [-0.25, -0.2) is 4.79 Å². The highest BCUT2D eigenvalue weighted by atomic mass is 19.3. The third-order valence-electron chi connectivity index (χ3n) is 4.70. The number of hydrogen-bond donors (Lipinski definition) is 2. The number of alkyl halides is 2. The van der Waals surface area contributed by atoms with Crippen LogP contribution in [0.25, 0.3) is 0 Å². The van der Waals surface area contributed by atoms with E-state index in [1.807, 2.05) is 20.8 Å². The number of nitrogens with one attached hydrogen (secondary N) is 2. The summed E-state index contributed by atoms with van der Waals surface area (Å²) >= 11 is 0. The first-order chi connectivity index (χ1) is 15.0. The molecule has 0 aliphatic carbocycles. The third-order valence-corrected chi connectivity index (χ3v) is 4.70. The minimum Gasteiger partial charge on any atom is -0.436 e. The fourth-order valence-electron chi connectivity index (χ4n) is 3.16. The van der Waals surface area contributed by atoms with Crippen molar-refractivity contribution in [3.05, 3.63) is 24.3 Å². The van der Waals surface area contributed by atoms with Crippen LogP contribution in [0.3, 0.4) is 0 Å². The Labute approximate surface area is 187 Å². The predicted octanol–water partition coefficient (Wildman–Crippen LogP) is 3.48. The number of hydrogen-bond acceptors (Lipinski definition) is 6. The Kier molecular flexibility index (Phi) is 9.49. The maximum atomic E-state index is 12.9. The van der Waals surface area contributed by atoms with Crippen molar-refractivity contribution in [2.24, 2.45) is 5.41 Å². The van der Waals surface area contributed by atoms with Gasteiger partial charge in [0.25, 0.3) is 5.91 Å². The molecule has 1 fully saturated rings. The lowest BCUT2D eigenvalue weighted by Gasteiger charge is -2.32. The first-order valence-electron chi connectivity index (χ1n) is 10.7. The monoisotopic (exact) mass is 457 g/mol. The maximum Gasteiger partial charge on any atom is 0.408 e. The molecule has 0 radical (unpaired) electrons. The molecule has 1 aromatic rings. The number of amides is 2. The maximum absolute atomic E-state index is 12.9. The SMILES string of the molecule is C[C@@H](CNc1ccc(OC(F)F)cc1)NC(=O)O[C@@H](CC(C)(C)C)C(=O)N1CCOCC1. The predicted molar refractivity (Wildman–Crippen MR) is 116 cm³/mol. The number of alkyl carbamates (subject to hydrolysis) is 1. The van der Waals surface area contributed by atoms with Crippen LogP contribution in [0.15, 0.2) is 24.3 Å². The van der Waals surface area contributed by atoms with Gasteiger partial charge in [-0.1, -0.05) is 20.8 Å². The molecule has 1 heterocycles. The Bertz CT molecular complexity index is 734. The van der Waals surface area contributed by atoms with Gasteiger partial charge in [0.1, 0.15) is 5.75 Å². The molecule has 0 spiro atoms. The van der Waals surface area contributed by atoms with Crippen LogP contribution in [0.2, 0.25) is 0 Å². The van der Waals surface area contributed by atoms with E-state index < -0.39 is 18.8 Å². The number of morpholine rings is 1. The number of nitrogens with zero attached hydrogens (tertiary/aromatic N) is 1. The zero-order valence-corrected chi connectivity index (χ0v) is 19.0. The van der Waals surface area contributed by atoms with Gasteiger partial charge < -0.3 is 29.7 Å². The fraction of sp³-hybridized carbons (Fsp3) is 0.636. The van der Waals surface area contributed by atoms with Crippen molar-refractivity contribution >= 4 is 17.7 Å². The number of rotatable bonds is 9. The van der Waals surface area contributed by atoms with Crippen LogP contribution in [0, 0.1) is 5.41 Å². The van der Waals surface area contributed by atoms with Gasteiger partial charge in [0, 0.05) is 31.4 Å². The van der Waals surface area contributed by atoms with Crippen molar-refractivity contribution in [2.45, 2.75) is 52.9 Å². The molecular weight excluding hydrogens is 424 g/mol. The number of halogens is 2. The molecule has 1 aliphatic rings. The number of carbonyl (C=O) groups excluding carboxylic acids is 2. The molecule has 32 heavy (non-hydrogen) atoms. The van der Waals surface area contributed by atoms with E-state index in [1.165, 1.54) is 12.1 Å². The lowest BCUT2D eigenvalue weighted by atomic mass is 9.88. The van der Waals surface area contributed by atoms with E-state index in [0.717, 1.165) is 0 Å². The summed E-state index contributed by atoms with van der Waals surface area (Å²) in [5.74, 6) is -0.148. The van der Waals surface area contributed by atoms with Crippen LogP contribution in [-0.2, 0) is 14.3 Å². The first kappa shape index (κ1) is 25.6. The van der Waals surface area contributed by atoms with Gasteiger partial charge in [0.05, 0.1) is 13.2 Å². The molecule has 1 saturated heterocycles. The summed E-state index contributed by atoms with van der Waals surface area (Å²) < 4.78 is 39.5. The average molecular weight is 458 g/mol. The van der Waals surface area contributed by atoms with Gasteiger partial charge >= 0.3 is 12.7 Å². The molecule has 8 nitrogen and oxygen atoms in total. The van der Waals surface area contributed by atoms with Gasteiger partial charge in [-0.2, -0.15) is 8.78 Å². The molecular formula is C22H33F2N3O5. The molecule has 1 aliphatic heterocycles. The summed E-state index contributed by atoms with van der Waals surface area (Å²) in [6.07, 6.45) is -1.15. The van der Waals surface area contributed by atoms with Crippen molar-refractivity contribution in [3.63, 3.8) is 0 Å². The summed E-state index contributed by atoms with van der Waals surface area (Å²) in [6, 6.07) is 5.74. The summed E-state index contributed by atoms with van der Waals surface area (Å²) in [5, 5.41) is 5.81. The highest BCUT2D eigenvalue weighted by Crippen LogP contribution is 2.24. The standard InChI is InChI=1S/C22H33F2N3O5/c1-15(14-25-16-5-7-17(8-6-16)31-20(23)24)26-21(29)32-18(13-22(2,3)4)19(28)27-9-11-30-12-10-27/h5-8,15,18,20,25H,9-14H2,1-4H3,(H,26,29)/t15-,18-/m0/s1. The van der Waals surface area contributed by atoms with Crippen molar-refractivity contribution in [3.8, 4) is 5.75 Å². The normalized spacial score (nSPS) is 16.3. The second kappa shape index (κ2) is 11.8. The number of anilines is 1. The number of ether oxygens (including phenoxy) is 3. The molecule has 1 aromatic carbocycles. The quantitative estimate of drug-likeness (QED) is 0.590. The topological polar surface area (TPSA) is 89.1 Å². The van der Waals surface area contributed by atoms with Crippen LogP contribution in [0.1, 0.15) is 34.1 Å². The molecule has 0 bridgehead atoms. The molecule has 2 atom stereocenters. The van der Waals surface area contributed by atoms with Crippen molar-refractivity contribution in [1.29, 1.82) is 0 Å². The van der Waals surface area contributed by atoms with E-state index in [9.17, 15) is 18.4 Å². The van der Waals surface area contributed by atoms with Crippen LogP contribution in [0.5, 0.6) is 5.75 Å². The van der Waals surface area contributed by atoms with Crippen LogP contribution >= 0.6 is 0 Å². The van der Waals surface area contributed by atoms with Crippen LogP contribution < -0.4 is 15.4 Å². The smallest absolute Gasteiger partial charge is 0.408 e. The largest absolute Gasteiger partial charge is 0.436 e. The Hall–Kier alpha value is -2.62. The lowest BCUT2D eigenvalue weighted by molar-refractivity contribution is -0.146. The van der Waals surface area contributed by atoms with Gasteiger partial charge in [-0.15, -0.1) is 0 Å². The fourth-order valence-corrected chi connectivity index (χ4v) is 3.16. The van der Waals surface area contributed by atoms with Crippen molar-refractivity contribution in [1.82, 2.24) is 10.2 Å². The Morgan fingerprint density at radius 2 is 1.78 bits per heavy atom. The molecule has 180 valence electrons. The van der Waals surface area contributed by atoms with Gasteiger partial charge in [-0.05, 0) is 43.0 Å². The molecule has 2 amide bonds. The lowest BCUT2D eigenvalue weighted by Crippen LogP contribution is -2.49. The molecule has 0 unspecified atom stereocenters. The minimum atomic E-state index is -2.87. The summed E-state index contributed by atoms with van der Waals surface area (Å²) in [5.41, 5.74) is 0.474. The molecule has 0 saturated carbocycles. The van der Waals surface area contributed by atoms with E-state index in [0.29, 0.717) is 45.0 Å². The average Bonchev–Trinajstić information content (AvgIpc) is 2.71. The highest BCUT2D eigenvalue weighted by Gasteiger charge is 2.32. The second-order valence-electron chi connectivity index (χ2n) is 8.93. The van der Waals surface area contributed by atoms with Crippen molar-refractivity contribution < 1.29 is 32.6 Å². The van der Waals surface area contributed by atoms with Crippen molar-refractivity contribution in [2.75, 3.05) is 38.2 Å². The van der Waals surface area contributed by atoms with E-state index >= 15 is 0 Å². The summed E-state index contributed by atoms with van der Waals surface area (Å²) in [7, 11) is 0. The molecule has 2 N–H and O–H groups in total. The Morgan fingerprint density at radius 1 is 1.16 bits per heavy atom. The molecule has 2 rings (SSSR count). The number of benzene rings is 1. The van der Waals surface area contributed by atoms with Crippen LogP contribution in [-0.4, -0.2) is 68.5 Å². The van der Waals surface area contributed by atoms with E-state index in [-0.39, 0.29) is 23.1 Å². The van der Waals surface area contributed by atoms with E-state index in [4.69, 9.17) is 9.47 Å². The van der Waals surface area contributed by atoms with Gasteiger partial charge in [0.2, 0.25) is 0 Å². The minimum absolute atomic E-state index is 0.0649. The van der Waals surface area contributed by atoms with E-state index in [2.05, 4.69) is 15.4 Å². The van der Waals surface area contributed by atoms with E-state index in [1.54, 1.807) is 24.0 Å². The summed E-state index contributed by atoms with van der Waals surface area (Å²) in [6.45, 7) is 7.12. The molecule has 0 aromatic heterocycles. The first-order valence-corrected chi connectivity index (χ1v) is 10.7. The Morgan fingerprint density at radius 3 is 2.34 bits per heavy atom. The zero-order valence-electron chi connectivity index (χ0n) is 19.0. The summed E-state index contributed by atoms with van der Waals surface area (Å²) in [4.78, 5) is 27.0. The highest BCUT2D eigenvalue weighted by molar-refractivity contribution is 5.83. The molecule has 10 heteroatoms. The zero-order chi connectivity index (χ0) is 23.7. The Balaban J connectivity index is 1.85. The third kappa shape index (κ3) is 9.25. The number of carbonyl (C=O) groups is 2. The second-order valence-corrected chi connectivity index (χ2v) is 8.93. The van der Waals surface area contributed by atoms with Gasteiger partial charge in [0.15, 0.2) is 6.10 Å². The van der Waals surface area contributed by atoms with Crippen LogP contribution in [0.4, 0.5) is 19.3 Å².